The Kier molecular flexibility index (Phi) is 3.69. The summed E-state index contributed by atoms with van der Waals surface area (Å²) in [5.74, 6) is -0.372. The van der Waals surface area contributed by atoms with Crippen LogP contribution in [0.15, 0.2) is 42.5 Å². The van der Waals surface area contributed by atoms with Gasteiger partial charge in [-0.1, -0.05) is 35.9 Å². The van der Waals surface area contributed by atoms with E-state index in [2.05, 4.69) is 11.4 Å². The molecule has 0 aromatic heterocycles. The molecule has 1 N–H and O–H groups in total. The number of halogens is 1. The molecule has 6 heteroatoms. The predicted octanol–water partition coefficient (Wildman–Crippen LogP) is 3.01. The molecular formula is C19H17ClN2O3. The molecule has 128 valence electrons. The number of ether oxygens (including phenoxy) is 1. The first-order valence-corrected chi connectivity index (χ1v) is 8.51. The molecule has 5 nitrogen and oxygen atoms in total. The summed E-state index contributed by atoms with van der Waals surface area (Å²) in [7, 11) is 0. The fourth-order valence-corrected chi connectivity index (χ4v) is 3.48. The summed E-state index contributed by atoms with van der Waals surface area (Å²) in [6.07, 6.45) is 0.770. The fraction of sp³-hybridized carbons (Fsp3) is 0.263. The van der Waals surface area contributed by atoms with E-state index in [4.69, 9.17) is 16.3 Å². The van der Waals surface area contributed by atoms with Gasteiger partial charge in [0.2, 0.25) is 0 Å². The first-order valence-electron chi connectivity index (χ1n) is 8.13. The van der Waals surface area contributed by atoms with Gasteiger partial charge >= 0.3 is 0 Å². The molecule has 2 heterocycles. The van der Waals surface area contributed by atoms with Crippen LogP contribution in [-0.2, 0) is 22.6 Å². The highest BCUT2D eigenvalue weighted by Gasteiger charge is 2.49. The zero-order chi connectivity index (χ0) is 17.6. The van der Waals surface area contributed by atoms with Crippen LogP contribution in [0.5, 0.6) is 5.75 Å². The Morgan fingerprint density at radius 3 is 2.80 bits per heavy atom. The summed E-state index contributed by atoms with van der Waals surface area (Å²) in [5.41, 5.74) is 1.24. The van der Waals surface area contributed by atoms with Crippen molar-refractivity contribution in [2.75, 3.05) is 11.9 Å². The second kappa shape index (κ2) is 5.77. The lowest BCUT2D eigenvalue weighted by atomic mass is 9.96. The Labute approximate surface area is 150 Å². The van der Waals surface area contributed by atoms with Gasteiger partial charge in [0.05, 0.1) is 5.69 Å². The van der Waals surface area contributed by atoms with Crippen molar-refractivity contribution in [3.05, 3.63) is 58.6 Å². The highest BCUT2D eigenvalue weighted by Crippen LogP contribution is 2.36. The first kappa shape index (κ1) is 16.0. The Morgan fingerprint density at radius 1 is 1.24 bits per heavy atom. The van der Waals surface area contributed by atoms with Crippen LogP contribution in [0.4, 0.5) is 5.69 Å². The lowest BCUT2D eigenvalue weighted by molar-refractivity contribution is -0.155. The number of nitrogens with one attached hydrogen (secondary N) is 1. The third-order valence-electron chi connectivity index (χ3n) is 4.76. The molecule has 4 rings (SSSR count). The number of hydrogen-bond acceptors (Lipinski definition) is 3. The number of fused-ring (bicyclic) bond motifs is 2. The maximum absolute atomic E-state index is 13.1. The highest BCUT2D eigenvalue weighted by atomic mass is 35.5. The minimum atomic E-state index is -1.59. The Balaban J connectivity index is 1.61. The molecule has 0 saturated heterocycles. The monoisotopic (exact) mass is 356 g/mol. The van der Waals surface area contributed by atoms with E-state index in [0.29, 0.717) is 29.5 Å². The topological polar surface area (TPSA) is 58.6 Å². The van der Waals surface area contributed by atoms with Crippen LogP contribution in [-0.4, -0.2) is 28.9 Å². The van der Waals surface area contributed by atoms with Crippen LogP contribution in [0.2, 0.25) is 5.02 Å². The van der Waals surface area contributed by atoms with Crippen LogP contribution in [0, 0.1) is 0 Å². The molecule has 1 unspecified atom stereocenters. The number of hydrogen-bond donors (Lipinski definition) is 1. The van der Waals surface area contributed by atoms with Gasteiger partial charge in [0, 0.05) is 18.1 Å². The van der Waals surface area contributed by atoms with Crippen molar-refractivity contribution < 1.29 is 14.3 Å². The van der Waals surface area contributed by atoms with Crippen molar-refractivity contribution in [2.24, 2.45) is 0 Å². The molecule has 2 aromatic rings. The summed E-state index contributed by atoms with van der Waals surface area (Å²) >= 11 is 5.95. The number of benzene rings is 2. The first-order chi connectivity index (χ1) is 12.0. The molecule has 0 fully saturated rings. The van der Waals surface area contributed by atoms with Gasteiger partial charge in [-0.2, -0.15) is 0 Å². The van der Waals surface area contributed by atoms with Crippen molar-refractivity contribution in [1.29, 1.82) is 0 Å². The number of anilines is 1. The average molecular weight is 357 g/mol. The number of carbonyl (C=O) groups excluding carboxylic acids is 2. The van der Waals surface area contributed by atoms with Crippen molar-refractivity contribution in [3.63, 3.8) is 0 Å². The van der Waals surface area contributed by atoms with E-state index in [9.17, 15) is 9.59 Å². The summed E-state index contributed by atoms with van der Waals surface area (Å²) in [4.78, 5) is 27.4. The third kappa shape index (κ3) is 2.65. The second-order valence-electron chi connectivity index (χ2n) is 6.48. The molecule has 1 atom stereocenters. The van der Waals surface area contributed by atoms with Crippen LogP contribution >= 0.6 is 11.6 Å². The zero-order valence-electron chi connectivity index (χ0n) is 13.7. The third-order valence-corrected chi connectivity index (χ3v) is 5.00. The van der Waals surface area contributed by atoms with E-state index in [1.807, 2.05) is 18.2 Å². The quantitative estimate of drug-likeness (QED) is 0.799. The fourth-order valence-electron chi connectivity index (χ4n) is 3.31. The van der Waals surface area contributed by atoms with Crippen LogP contribution in [0.1, 0.15) is 18.1 Å². The Hall–Kier alpha value is -2.53. The molecule has 0 spiro atoms. The smallest absolute Gasteiger partial charge is 0.278 e. The molecule has 2 aliphatic heterocycles. The average Bonchev–Trinajstić information content (AvgIpc) is 2.62. The molecule has 0 radical (unpaired) electrons. The maximum atomic E-state index is 13.1. The van der Waals surface area contributed by atoms with E-state index >= 15 is 0 Å². The number of amides is 2. The maximum Gasteiger partial charge on any atom is 0.278 e. The predicted molar refractivity (Wildman–Crippen MR) is 94.7 cm³/mol. The van der Waals surface area contributed by atoms with E-state index in [0.717, 1.165) is 12.0 Å². The van der Waals surface area contributed by atoms with Crippen molar-refractivity contribution >= 4 is 29.1 Å². The Bertz CT molecular complexity index is 883. The molecule has 2 aliphatic rings. The minimum Gasteiger partial charge on any atom is -0.466 e. The van der Waals surface area contributed by atoms with Gasteiger partial charge in [-0.05, 0) is 42.7 Å². The lowest BCUT2D eigenvalue weighted by Crippen LogP contribution is -2.60. The van der Waals surface area contributed by atoms with Gasteiger partial charge in [0.25, 0.3) is 17.4 Å². The summed E-state index contributed by atoms with van der Waals surface area (Å²) in [6, 6.07) is 13.0. The minimum absolute atomic E-state index is 0.333. The van der Waals surface area contributed by atoms with Gasteiger partial charge in [0.1, 0.15) is 5.75 Å². The zero-order valence-corrected chi connectivity index (χ0v) is 14.5. The van der Waals surface area contributed by atoms with Gasteiger partial charge < -0.3 is 15.0 Å². The van der Waals surface area contributed by atoms with Gasteiger partial charge in [-0.25, -0.2) is 0 Å². The number of carbonyl (C=O) groups is 2. The molecule has 0 aliphatic carbocycles. The Morgan fingerprint density at radius 2 is 2.00 bits per heavy atom. The van der Waals surface area contributed by atoms with Gasteiger partial charge in [-0.3, -0.25) is 9.59 Å². The largest absolute Gasteiger partial charge is 0.466 e. The van der Waals surface area contributed by atoms with Crippen LogP contribution in [0.25, 0.3) is 0 Å². The van der Waals surface area contributed by atoms with Crippen LogP contribution in [0.3, 0.4) is 0 Å². The van der Waals surface area contributed by atoms with E-state index in [1.165, 1.54) is 12.5 Å². The standard InChI is InChI=1S/C19H17ClN2O3/c1-19(17(23)21-15-10-14(20)6-7-16(15)25-19)18(24)22-9-8-12-4-2-3-5-13(12)11-22/h2-7,10H,8-9,11H2,1H3,(H,21,23). The van der Waals surface area contributed by atoms with Crippen molar-refractivity contribution in [1.82, 2.24) is 4.90 Å². The summed E-state index contributed by atoms with van der Waals surface area (Å²) < 4.78 is 5.83. The summed E-state index contributed by atoms with van der Waals surface area (Å²) in [5, 5.41) is 3.23. The molecular weight excluding hydrogens is 340 g/mol. The normalized spacial score (nSPS) is 21.7. The van der Waals surface area contributed by atoms with Crippen molar-refractivity contribution in [3.8, 4) is 5.75 Å². The van der Waals surface area contributed by atoms with Gasteiger partial charge in [-0.15, -0.1) is 0 Å². The van der Waals surface area contributed by atoms with Crippen molar-refractivity contribution in [2.45, 2.75) is 25.5 Å². The molecule has 2 aromatic carbocycles. The highest BCUT2D eigenvalue weighted by molar-refractivity contribution is 6.31. The molecule has 25 heavy (non-hydrogen) atoms. The molecule has 0 saturated carbocycles. The molecule has 2 amide bonds. The van der Waals surface area contributed by atoms with Crippen LogP contribution < -0.4 is 10.1 Å². The number of nitrogens with zero attached hydrogens (tertiary/aromatic N) is 1. The SMILES string of the molecule is CC1(C(=O)N2CCc3ccccc3C2)Oc2ccc(Cl)cc2NC1=O. The lowest BCUT2D eigenvalue weighted by Gasteiger charge is -2.38. The van der Waals surface area contributed by atoms with E-state index in [1.54, 1.807) is 23.1 Å². The van der Waals surface area contributed by atoms with E-state index in [-0.39, 0.29) is 5.91 Å². The molecule has 0 bridgehead atoms. The second-order valence-corrected chi connectivity index (χ2v) is 6.91. The van der Waals surface area contributed by atoms with Gasteiger partial charge in [0.15, 0.2) is 0 Å². The number of rotatable bonds is 1. The summed E-state index contributed by atoms with van der Waals surface area (Å²) in [6.45, 7) is 2.56. The van der Waals surface area contributed by atoms with E-state index < -0.39 is 11.5 Å².